The van der Waals surface area contributed by atoms with E-state index in [0.717, 1.165) is 0 Å². The molecular weight excluding hydrogens is 396 g/mol. The van der Waals surface area contributed by atoms with E-state index in [4.69, 9.17) is 4.74 Å². The van der Waals surface area contributed by atoms with Gasteiger partial charge in [-0.2, -0.15) is 8.78 Å². The lowest BCUT2D eigenvalue weighted by atomic mass is 10.1. The lowest BCUT2D eigenvalue weighted by Gasteiger charge is -2.25. The largest absolute Gasteiger partial charge is 0.479 e. The number of anilines is 1. The van der Waals surface area contributed by atoms with Crippen LogP contribution in [0.15, 0.2) is 36.7 Å². The molecule has 0 radical (unpaired) electrons. The number of rotatable bonds is 3. The Labute approximate surface area is 170 Å². The number of fused-ring (bicyclic) bond motifs is 2. The van der Waals surface area contributed by atoms with E-state index in [1.54, 1.807) is 30.6 Å². The van der Waals surface area contributed by atoms with Crippen molar-refractivity contribution in [3.63, 3.8) is 0 Å². The van der Waals surface area contributed by atoms with Gasteiger partial charge in [0.25, 0.3) is 5.91 Å². The fourth-order valence-electron chi connectivity index (χ4n) is 3.55. The second-order valence-electron chi connectivity index (χ2n) is 7.41. The Hall–Kier alpha value is -3.56. The van der Waals surface area contributed by atoms with Crippen molar-refractivity contribution in [3.05, 3.63) is 47.8 Å². The number of aromatic nitrogens is 4. The fourth-order valence-corrected chi connectivity index (χ4v) is 3.55. The van der Waals surface area contributed by atoms with Gasteiger partial charge in [-0.15, -0.1) is 10.2 Å². The summed E-state index contributed by atoms with van der Waals surface area (Å²) in [6, 6.07) is 8.30. The molecule has 1 amide bonds. The minimum atomic E-state index is -3.43. The first-order valence-electron chi connectivity index (χ1n) is 9.38. The second kappa shape index (κ2) is 6.48. The molecule has 0 atom stereocenters. The Morgan fingerprint density at radius 2 is 2.03 bits per heavy atom. The van der Waals surface area contributed by atoms with Gasteiger partial charge in [0.1, 0.15) is 17.8 Å². The quantitative estimate of drug-likeness (QED) is 0.654. The minimum Gasteiger partial charge on any atom is -0.479 e. The molecule has 4 heterocycles. The molecule has 0 bridgehead atoms. The summed E-state index contributed by atoms with van der Waals surface area (Å²) in [5.74, 6) is 0.723. The Balaban J connectivity index is 1.49. The number of hydrogen-bond acceptors (Lipinski definition) is 6. The van der Waals surface area contributed by atoms with Crippen molar-refractivity contribution < 1.29 is 23.0 Å². The summed E-state index contributed by atoms with van der Waals surface area (Å²) in [4.78, 5) is 19.1. The zero-order valence-corrected chi connectivity index (χ0v) is 16.2. The molecule has 0 N–H and O–H groups in total. The summed E-state index contributed by atoms with van der Waals surface area (Å²) in [7, 11) is 0. The molecule has 2 aliphatic rings. The predicted molar refractivity (Wildman–Crippen MR) is 102 cm³/mol. The summed E-state index contributed by atoms with van der Waals surface area (Å²) < 4.78 is 38.6. The molecule has 154 valence electrons. The van der Waals surface area contributed by atoms with Crippen LogP contribution in [0.2, 0.25) is 0 Å². The van der Waals surface area contributed by atoms with Crippen LogP contribution < -0.4 is 14.4 Å². The zero-order chi connectivity index (χ0) is 21.0. The van der Waals surface area contributed by atoms with Gasteiger partial charge in [0.05, 0.1) is 6.54 Å². The molecule has 3 aromatic rings. The number of halogens is 2. The summed E-state index contributed by atoms with van der Waals surface area (Å²) in [5.41, 5.74) is 1.52. The van der Waals surface area contributed by atoms with Gasteiger partial charge in [-0.1, -0.05) is 6.07 Å². The normalized spacial score (nSPS) is 16.8. The van der Waals surface area contributed by atoms with Crippen LogP contribution in [0.1, 0.15) is 35.8 Å². The number of carbonyl (C=O) groups is 1. The molecule has 30 heavy (non-hydrogen) atoms. The second-order valence-corrected chi connectivity index (χ2v) is 7.41. The van der Waals surface area contributed by atoms with Gasteiger partial charge >= 0.3 is 6.11 Å². The van der Waals surface area contributed by atoms with Crippen LogP contribution in [-0.2, 0) is 6.54 Å². The Morgan fingerprint density at radius 3 is 2.83 bits per heavy atom. The molecule has 5 rings (SSSR count). The number of nitrogens with zero attached hydrogens (tertiary/aromatic N) is 5. The average Bonchev–Trinajstić information content (AvgIpc) is 3.32. The third-order valence-corrected chi connectivity index (χ3v) is 5.00. The molecule has 0 aliphatic carbocycles. The predicted octanol–water partition coefficient (Wildman–Crippen LogP) is 3.45. The fraction of sp³-hybridized carbons (Fsp3) is 0.300. The van der Waals surface area contributed by atoms with Crippen molar-refractivity contribution >= 4 is 11.7 Å². The van der Waals surface area contributed by atoms with Crippen LogP contribution in [0.5, 0.6) is 11.5 Å². The number of pyridine rings is 1. The van der Waals surface area contributed by atoms with Crippen molar-refractivity contribution in [2.75, 3.05) is 11.5 Å². The zero-order valence-electron chi connectivity index (χ0n) is 16.2. The standard InChI is InChI=1S/C20H17F2N5O3/c1-11(2)27-10-23-25-18(27)14-4-3-5-17(24-14)26-8-12-6-15-16(7-13(12)19(26)28)30-20(21,22)9-29-15/h3-7,10-11H,8-9H2,1-2H3. The molecule has 0 spiro atoms. The number of carbonyl (C=O) groups excluding carboxylic acids is 1. The van der Waals surface area contributed by atoms with Crippen LogP contribution in [0, 0.1) is 0 Å². The van der Waals surface area contributed by atoms with Crippen LogP contribution in [0.4, 0.5) is 14.6 Å². The van der Waals surface area contributed by atoms with Crippen molar-refractivity contribution in [2.45, 2.75) is 32.5 Å². The molecule has 8 nitrogen and oxygen atoms in total. The molecule has 0 saturated carbocycles. The number of benzene rings is 1. The number of alkyl halides is 2. The molecule has 1 aromatic carbocycles. The minimum absolute atomic E-state index is 0.141. The first-order valence-corrected chi connectivity index (χ1v) is 9.38. The number of ether oxygens (including phenoxy) is 2. The molecule has 2 aromatic heterocycles. The average molecular weight is 413 g/mol. The molecule has 10 heteroatoms. The van der Waals surface area contributed by atoms with Crippen LogP contribution in [0.25, 0.3) is 11.5 Å². The maximum Gasteiger partial charge on any atom is 0.433 e. The van der Waals surface area contributed by atoms with Crippen molar-refractivity contribution in [1.82, 2.24) is 19.7 Å². The molecule has 2 aliphatic heterocycles. The van der Waals surface area contributed by atoms with E-state index in [-0.39, 0.29) is 35.6 Å². The third-order valence-electron chi connectivity index (χ3n) is 5.00. The van der Waals surface area contributed by atoms with E-state index >= 15 is 0 Å². The van der Waals surface area contributed by atoms with E-state index < -0.39 is 12.7 Å². The van der Waals surface area contributed by atoms with Crippen LogP contribution in [-0.4, -0.2) is 38.4 Å². The maximum absolute atomic E-state index is 13.5. The van der Waals surface area contributed by atoms with Gasteiger partial charge < -0.3 is 14.0 Å². The summed E-state index contributed by atoms with van der Waals surface area (Å²) in [5, 5.41) is 8.10. The first kappa shape index (κ1) is 18.5. The summed E-state index contributed by atoms with van der Waals surface area (Å²) in [6.07, 6.45) is -1.80. The topological polar surface area (TPSA) is 82.4 Å². The van der Waals surface area contributed by atoms with E-state index in [1.165, 1.54) is 11.0 Å². The molecular formula is C20H17F2N5O3. The summed E-state index contributed by atoms with van der Waals surface area (Å²) >= 11 is 0. The SMILES string of the molecule is CC(C)n1cnnc1-c1cccc(N2Cc3cc4c(cc3C2=O)OC(F)(F)CO4)n1. The van der Waals surface area contributed by atoms with Crippen molar-refractivity contribution in [2.24, 2.45) is 0 Å². The smallest absolute Gasteiger partial charge is 0.433 e. The monoisotopic (exact) mass is 413 g/mol. The summed E-state index contributed by atoms with van der Waals surface area (Å²) in [6.45, 7) is 3.39. The van der Waals surface area contributed by atoms with Crippen LogP contribution >= 0.6 is 0 Å². The highest BCUT2D eigenvalue weighted by Gasteiger charge is 2.40. The van der Waals surface area contributed by atoms with Gasteiger partial charge in [-0.3, -0.25) is 9.69 Å². The third kappa shape index (κ3) is 2.95. The maximum atomic E-state index is 13.5. The van der Waals surface area contributed by atoms with Gasteiger partial charge in [-0.25, -0.2) is 4.98 Å². The van der Waals surface area contributed by atoms with E-state index in [2.05, 4.69) is 19.9 Å². The Kier molecular flexibility index (Phi) is 3.99. The van der Waals surface area contributed by atoms with E-state index in [9.17, 15) is 13.6 Å². The first-order chi connectivity index (χ1) is 14.3. The molecule has 0 saturated heterocycles. The number of amides is 1. The van der Waals surface area contributed by atoms with Crippen molar-refractivity contribution in [1.29, 1.82) is 0 Å². The van der Waals surface area contributed by atoms with Gasteiger partial charge in [-0.05, 0) is 43.7 Å². The highest BCUT2D eigenvalue weighted by Crippen LogP contribution is 2.41. The molecule has 0 unspecified atom stereocenters. The van der Waals surface area contributed by atoms with Gasteiger partial charge in [0.2, 0.25) is 0 Å². The van der Waals surface area contributed by atoms with Gasteiger partial charge in [0.15, 0.2) is 23.9 Å². The Bertz CT molecular complexity index is 1160. The van der Waals surface area contributed by atoms with Crippen LogP contribution in [0.3, 0.4) is 0 Å². The van der Waals surface area contributed by atoms with E-state index in [0.29, 0.717) is 22.9 Å². The highest BCUT2D eigenvalue weighted by atomic mass is 19.3. The Morgan fingerprint density at radius 1 is 1.20 bits per heavy atom. The van der Waals surface area contributed by atoms with Crippen molar-refractivity contribution in [3.8, 4) is 23.0 Å². The molecule has 0 fully saturated rings. The lowest BCUT2D eigenvalue weighted by molar-refractivity contribution is -0.208. The van der Waals surface area contributed by atoms with Gasteiger partial charge in [0, 0.05) is 11.6 Å². The number of hydrogen-bond donors (Lipinski definition) is 0. The highest BCUT2D eigenvalue weighted by molar-refractivity contribution is 6.10. The van der Waals surface area contributed by atoms with E-state index in [1.807, 2.05) is 18.4 Å². The lowest BCUT2D eigenvalue weighted by Crippen LogP contribution is -2.36.